The Balaban J connectivity index is 2.12. The van der Waals surface area contributed by atoms with Gasteiger partial charge in [-0.15, -0.1) is 0 Å². The highest BCUT2D eigenvalue weighted by Crippen LogP contribution is 2.23. The molecule has 20 heavy (non-hydrogen) atoms. The standard InChI is InChI=1S/C15H22FN3S/c1-10-7-19(9-13(10)18(2)3)8-11-5-4-6-12(14(11)16)15(17)20/h4-6,10,13H,7-9H2,1-3H3,(H2,17,20). The molecule has 2 N–H and O–H groups in total. The largest absolute Gasteiger partial charge is 0.389 e. The summed E-state index contributed by atoms with van der Waals surface area (Å²) in [6, 6.07) is 5.79. The second kappa shape index (κ2) is 6.16. The summed E-state index contributed by atoms with van der Waals surface area (Å²) in [4.78, 5) is 4.65. The smallest absolute Gasteiger partial charge is 0.137 e. The normalized spacial score (nSPS) is 23.4. The predicted molar refractivity (Wildman–Crippen MR) is 84.2 cm³/mol. The number of thiocarbonyl (C=S) groups is 1. The first kappa shape index (κ1) is 15.4. The van der Waals surface area contributed by atoms with E-state index in [9.17, 15) is 4.39 Å². The molecule has 3 nitrogen and oxygen atoms in total. The highest BCUT2D eigenvalue weighted by Gasteiger charge is 2.31. The number of benzene rings is 1. The number of nitrogens with zero attached hydrogens (tertiary/aromatic N) is 2. The van der Waals surface area contributed by atoms with E-state index in [1.165, 1.54) is 0 Å². The molecule has 2 rings (SSSR count). The van der Waals surface area contributed by atoms with Crippen molar-refractivity contribution in [3.8, 4) is 0 Å². The number of nitrogens with two attached hydrogens (primary N) is 1. The molecule has 0 saturated carbocycles. The minimum Gasteiger partial charge on any atom is -0.389 e. The van der Waals surface area contributed by atoms with Crippen LogP contribution in [0.15, 0.2) is 18.2 Å². The van der Waals surface area contributed by atoms with Crippen molar-refractivity contribution in [1.82, 2.24) is 9.80 Å². The lowest BCUT2D eigenvalue weighted by atomic mass is 10.1. The van der Waals surface area contributed by atoms with E-state index in [0.29, 0.717) is 29.6 Å². The van der Waals surface area contributed by atoms with Gasteiger partial charge in [0.2, 0.25) is 0 Å². The summed E-state index contributed by atoms with van der Waals surface area (Å²) in [6.45, 7) is 4.80. The lowest BCUT2D eigenvalue weighted by Crippen LogP contribution is -2.34. The van der Waals surface area contributed by atoms with E-state index in [-0.39, 0.29) is 10.8 Å². The molecule has 1 aromatic rings. The van der Waals surface area contributed by atoms with Gasteiger partial charge in [0, 0.05) is 36.8 Å². The molecule has 1 aliphatic heterocycles. The van der Waals surface area contributed by atoms with E-state index in [0.717, 1.165) is 13.1 Å². The number of likely N-dealkylation sites (N-methyl/N-ethyl adjacent to an activating group) is 1. The second-order valence-electron chi connectivity index (χ2n) is 5.85. The van der Waals surface area contributed by atoms with Crippen molar-refractivity contribution >= 4 is 17.2 Å². The number of likely N-dealkylation sites (tertiary alicyclic amines) is 1. The third kappa shape index (κ3) is 3.16. The fourth-order valence-corrected chi connectivity index (χ4v) is 3.14. The van der Waals surface area contributed by atoms with E-state index in [1.54, 1.807) is 6.07 Å². The zero-order valence-corrected chi connectivity index (χ0v) is 13.1. The fraction of sp³-hybridized carbons (Fsp3) is 0.533. The van der Waals surface area contributed by atoms with E-state index in [4.69, 9.17) is 18.0 Å². The van der Waals surface area contributed by atoms with Gasteiger partial charge in [0.1, 0.15) is 10.8 Å². The Kier molecular flexibility index (Phi) is 4.73. The lowest BCUT2D eigenvalue weighted by Gasteiger charge is -2.22. The molecule has 1 saturated heterocycles. The Morgan fingerprint density at radius 1 is 1.45 bits per heavy atom. The van der Waals surface area contributed by atoms with Crippen LogP contribution >= 0.6 is 12.2 Å². The molecule has 110 valence electrons. The lowest BCUT2D eigenvalue weighted by molar-refractivity contribution is 0.249. The quantitative estimate of drug-likeness (QED) is 0.859. The third-order valence-electron chi connectivity index (χ3n) is 4.05. The number of halogens is 1. The molecule has 0 radical (unpaired) electrons. The Bertz CT molecular complexity index is 504. The molecule has 2 atom stereocenters. The molecule has 1 aromatic carbocycles. The molecule has 2 unspecified atom stereocenters. The maximum absolute atomic E-state index is 14.3. The number of hydrogen-bond acceptors (Lipinski definition) is 3. The molecule has 1 aliphatic rings. The Labute approximate surface area is 125 Å². The van der Waals surface area contributed by atoms with Crippen LogP contribution in [-0.2, 0) is 6.54 Å². The Morgan fingerprint density at radius 2 is 2.15 bits per heavy atom. The first-order valence-corrected chi connectivity index (χ1v) is 7.27. The highest BCUT2D eigenvalue weighted by atomic mass is 32.1. The molecule has 0 spiro atoms. The van der Waals surface area contributed by atoms with Gasteiger partial charge in [-0.25, -0.2) is 4.39 Å². The van der Waals surface area contributed by atoms with Gasteiger partial charge in [-0.3, -0.25) is 4.90 Å². The Morgan fingerprint density at radius 3 is 2.70 bits per heavy atom. The monoisotopic (exact) mass is 295 g/mol. The van der Waals surface area contributed by atoms with Crippen LogP contribution in [0.3, 0.4) is 0 Å². The van der Waals surface area contributed by atoms with Crippen molar-refractivity contribution in [2.45, 2.75) is 19.5 Å². The Hall–Kier alpha value is -1.04. The average molecular weight is 295 g/mol. The van der Waals surface area contributed by atoms with Crippen LogP contribution < -0.4 is 5.73 Å². The molecule has 0 aromatic heterocycles. The molecular formula is C15H22FN3S. The minimum atomic E-state index is -0.277. The molecule has 0 bridgehead atoms. The van der Waals surface area contributed by atoms with Crippen molar-refractivity contribution in [3.63, 3.8) is 0 Å². The van der Waals surface area contributed by atoms with E-state index in [2.05, 4.69) is 30.8 Å². The van der Waals surface area contributed by atoms with Crippen LogP contribution in [0.1, 0.15) is 18.1 Å². The first-order valence-electron chi connectivity index (χ1n) is 6.86. The summed E-state index contributed by atoms with van der Waals surface area (Å²) >= 11 is 4.88. The van der Waals surface area contributed by atoms with Crippen molar-refractivity contribution in [2.24, 2.45) is 11.7 Å². The molecular weight excluding hydrogens is 273 g/mol. The van der Waals surface area contributed by atoms with Crippen molar-refractivity contribution in [3.05, 3.63) is 35.1 Å². The van der Waals surface area contributed by atoms with Crippen LogP contribution in [0, 0.1) is 11.7 Å². The average Bonchev–Trinajstić information content (AvgIpc) is 2.72. The van der Waals surface area contributed by atoms with E-state index >= 15 is 0 Å². The fourth-order valence-electron chi connectivity index (χ4n) is 2.98. The number of hydrogen-bond donors (Lipinski definition) is 1. The van der Waals surface area contributed by atoms with Crippen molar-refractivity contribution < 1.29 is 4.39 Å². The molecule has 1 heterocycles. The van der Waals surface area contributed by atoms with E-state index in [1.807, 2.05) is 12.1 Å². The van der Waals surface area contributed by atoms with Gasteiger partial charge in [0.25, 0.3) is 0 Å². The summed E-state index contributed by atoms with van der Waals surface area (Å²) in [5.41, 5.74) is 6.56. The molecule has 5 heteroatoms. The van der Waals surface area contributed by atoms with Gasteiger partial charge >= 0.3 is 0 Å². The maximum Gasteiger partial charge on any atom is 0.137 e. The molecule has 0 aliphatic carbocycles. The maximum atomic E-state index is 14.3. The summed E-state index contributed by atoms with van der Waals surface area (Å²) in [5, 5.41) is 0. The van der Waals surface area contributed by atoms with Crippen LogP contribution in [0.5, 0.6) is 0 Å². The van der Waals surface area contributed by atoms with Gasteiger partial charge in [-0.2, -0.15) is 0 Å². The third-order valence-corrected chi connectivity index (χ3v) is 4.27. The highest BCUT2D eigenvalue weighted by molar-refractivity contribution is 7.80. The summed E-state index contributed by atoms with van der Waals surface area (Å²) < 4.78 is 14.3. The molecule has 0 amide bonds. The van der Waals surface area contributed by atoms with Crippen LogP contribution in [-0.4, -0.2) is 48.0 Å². The predicted octanol–water partition coefficient (Wildman–Crippen LogP) is 1.84. The van der Waals surface area contributed by atoms with Crippen LogP contribution in [0.4, 0.5) is 4.39 Å². The minimum absolute atomic E-state index is 0.116. The SMILES string of the molecule is CC1CN(Cc2cccc(C(N)=S)c2F)CC1N(C)C. The van der Waals surface area contributed by atoms with E-state index < -0.39 is 0 Å². The second-order valence-corrected chi connectivity index (χ2v) is 6.29. The van der Waals surface area contributed by atoms with Gasteiger partial charge in [-0.05, 0) is 26.1 Å². The topological polar surface area (TPSA) is 32.5 Å². The summed E-state index contributed by atoms with van der Waals surface area (Å²) in [5.74, 6) is 0.313. The zero-order chi connectivity index (χ0) is 14.9. The van der Waals surface area contributed by atoms with Crippen LogP contribution in [0.25, 0.3) is 0 Å². The first-order chi connectivity index (χ1) is 9.40. The van der Waals surface area contributed by atoms with Crippen LogP contribution in [0.2, 0.25) is 0 Å². The van der Waals surface area contributed by atoms with Crippen molar-refractivity contribution in [1.29, 1.82) is 0 Å². The van der Waals surface area contributed by atoms with Gasteiger partial charge < -0.3 is 10.6 Å². The van der Waals surface area contributed by atoms with Gasteiger partial charge in [0.15, 0.2) is 0 Å². The van der Waals surface area contributed by atoms with Crippen molar-refractivity contribution in [2.75, 3.05) is 27.2 Å². The van der Waals surface area contributed by atoms with Gasteiger partial charge in [-0.1, -0.05) is 31.3 Å². The van der Waals surface area contributed by atoms with Gasteiger partial charge in [0.05, 0.1) is 0 Å². The number of rotatable bonds is 4. The summed E-state index contributed by atoms with van der Waals surface area (Å²) in [7, 11) is 4.19. The molecule has 1 fully saturated rings. The zero-order valence-electron chi connectivity index (χ0n) is 12.3. The summed E-state index contributed by atoms with van der Waals surface area (Å²) in [6.07, 6.45) is 0.